The molecule has 0 fully saturated rings. The van der Waals surface area contributed by atoms with Gasteiger partial charge in [0.1, 0.15) is 19.4 Å². The van der Waals surface area contributed by atoms with Gasteiger partial charge < -0.3 is 29.2 Å². The van der Waals surface area contributed by atoms with Gasteiger partial charge in [-0.15, -0.1) is 0 Å². The molecule has 0 aliphatic carbocycles. The highest BCUT2D eigenvalue weighted by Crippen LogP contribution is 2.39. The van der Waals surface area contributed by atoms with Crippen LogP contribution in [0.25, 0.3) is 0 Å². The lowest BCUT2D eigenvalue weighted by molar-refractivity contribution is 0.0728. The Kier molecular flexibility index (Phi) is 4.12. The van der Waals surface area contributed by atoms with Crippen LogP contribution in [0.3, 0.4) is 0 Å². The zero-order valence-electron chi connectivity index (χ0n) is 16.7. The molecule has 6 rings (SSSR count). The molecule has 0 saturated carbocycles. The average molecular weight is 416 g/mol. The predicted octanol–water partition coefficient (Wildman–Crippen LogP) is 3.95. The lowest BCUT2D eigenvalue weighted by Crippen LogP contribution is -2.31. The number of fused-ring (bicyclic) bond motifs is 3. The molecule has 3 aliphatic heterocycles. The molecule has 3 aliphatic rings. The lowest BCUT2D eigenvalue weighted by atomic mass is 10.1. The third-order valence-corrected chi connectivity index (χ3v) is 5.69. The number of anilines is 1. The quantitative estimate of drug-likeness (QED) is 0.695. The Bertz CT molecular complexity index is 1180. The molecule has 0 unspecified atom stereocenters. The highest BCUT2D eigenvalue weighted by Gasteiger charge is 2.36. The summed E-state index contributed by atoms with van der Waals surface area (Å²) >= 11 is 0. The van der Waals surface area contributed by atoms with Crippen LogP contribution in [0.15, 0.2) is 60.7 Å². The van der Waals surface area contributed by atoms with Gasteiger partial charge in [0, 0.05) is 29.4 Å². The largest absolute Gasteiger partial charge is 0.486 e. The molecular formula is C24H20N2O5. The maximum absolute atomic E-state index is 13.3. The van der Waals surface area contributed by atoms with Gasteiger partial charge in [-0.3, -0.25) is 4.79 Å². The Hall–Kier alpha value is -3.87. The van der Waals surface area contributed by atoms with E-state index in [4.69, 9.17) is 18.9 Å². The smallest absolute Gasteiger partial charge is 0.256 e. The minimum atomic E-state index is -0.309. The molecule has 7 nitrogen and oxygen atoms in total. The summed E-state index contributed by atoms with van der Waals surface area (Å²) in [4.78, 5) is 15.1. The molecule has 3 aromatic rings. The number of nitrogens with zero attached hydrogens (tertiary/aromatic N) is 1. The van der Waals surface area contributed by atoms with Gasteiger partial charge in [-0.25, -0.2) is 0 Å². The van der Waals surface area contributed by atoms with E-state index in [9.17, 15) is 4.79 Å². The van der Waals surface area contributed by atoms with E-state index in [0.29, 0.717) is 36.8 Å². The standard InChI is InChI=1S/C24H20N2O5/c27-24-18-4-2-1-3-17(18)23(25-16-6-8-19-22(12-16)29-10-9-28-19)26(24)13-15-5-7-20-21(11-15)31-14-30-20/h1-8,11-12,23,25H,9-10,13-14H2/t23-/m1/s1. The van der Waals surface area contributed by atoms with E-state index >= 15 is 0 Å². The fourth-order valence-electron chi connectivity index (χ4n) is 4.22. The first kappa shape index (κ1) is 17.9. The molecule has 7 heteroatoms. The summed E-state index contributed by atoms with van der Waals surface area (Å²) in [5.74, 6) is 2.86. The maximum atomic E-state index is 13.3. The van der Waals surface area contributed by atoms with Crippen LogP contribution in [0.5, 0.6) is 23.0 Å². The van der Waals surface area contributed by atoms with Crippen LogP contribution < -0.4 is 24.3 Å². The van der Waals surface area contributed by atoms with E-state index in [1.54, 1.807) is 0 Å². The van der Waals surface area contributed by atoms with Gasteiger partial charge >= 0.3 is 0 Å². The molecule has 156 valence electrons. The molecule has 0 radical (unpaired) electrons. The van der Waals surface area contributed by atoms with Crippen LogP contribution in [0.4, 0.5) is 5.69 Å². The summed E-state index contributed by atoms with van der Waals surface area (Å²) in [5, 5.41) is 3.51. The average Bonchev–Trinajstić information content (AvgIpc) is 3.38. The summed E-state index contributed by atoms with van der Waals surface area (Å²) < 4.78 is 22.2. The summed E-state index contributed by atoms with van der Waals surface area (Å²) in [6.45, 7) is 1.73. The first-order valence-corrected chi connectivity index (χ1v) is 10.2. The van der Waals surface area contributed by atoms with E-state index in [1.807, 2.05) is 65.6 Å². The highest BCUT2D eigenvalue weighted by atomic mass is 16.7. The number of benzene rings is 3. The van der Waals surface area contributed by atoms with Crippen LogP contribution in [0.2, 0.25) is 0 Å². The molecule has 0 saturated heterocycles. The fourth-order valence-corrected chi connectivity index (χ4v) is 4.22. The first-order valence-electron chi connectivity index (χ1n) is 10.2. The molecule has 3 heterocycles. The van der Waals surface area contributed by atoms with E-state index in [-0.39, 0.29) is 18.9 Å². The third kappa shape index (κ3) is 3.09. The minimum absolute atomic E-state index is 0.0108. The van der Waals surface area contributed by atoms with Gasteiger partial charge in [-0.2, -0.15) is 0 Å². The lowest BCUT2D eigenvalue weighted by Gasteiger charge is -2.28. The van der Waals surface area contributed by atoms with Crippen molar-refractivity contribution >= 4 is 11.6 Å². The Morgan fingerprint density at radius 2 is 1.58 bits per heavy atom. The van der Waals surface area contributed by atoms with Crippen molar-refractivity contribution in [2.75, 3.05) is 25.3 Å². The van der Waals surface area contributed by atoms with Gasteiger partial charge in [0.2, 0.25) is 6.79 Å². The zero-order valence-corrected chi connectivity index (χ0v) is 16.7. The van der Waals surface area contributed by atoms with Crippen molar-refractivity contribution in [2.24, 2.45) is 0 Å². The Balaban J connectivity index is 1.32. The molecule has 1 amide bonds. The molecular weight excluding hydrogens is 396 g/mol. The third-order valence-electron chi connectivity index (χ3n) is 5.69. The van der Waals surface area contributed by atoms with Crippen molar-refractivity contribution in [1.82, 2.24) is 4.90 Å². The van der Waals surface area contributed by atoms with Gasteiger partial charge in [0.25, 0.3) is 5.91 Å². The minimum Gasteiger partial charge on any atom is -0.486 e. The number of nitrogens with one attached hydrogen (secondary N) is 1. The first-order chi connectivity index (χ1) is 15.3. The fraction of sp³-hybridized carbons (Fsp3) is 0.208. The molecule has 0 bridgehead atoms. The van der Waals surface area contributed by atoms with E-state index in [1.165, 1.54) is 0 Å². The van der Waals surface area contributed by atoms with Gasteiger partial charge in [0.05, 0.1) is 0 Å². The van der Waals surface area contributed by atoms with Crippen molar-refractivity contribution < 1.29 is 23.7 Å². The summed E-state index contributed by atoms with van der Waals surface area (Å²) in [5.41, 5.74) is 3.48. The Morgan fingerprint density at radius 1 is 0.839 bits per heavy atom. The number of hydrogen-bond acceptors (Lipinski definition) is 6. The number of hydrogen-bond donors (Lipinski definition) is 1. The second-order valence-electron chi connectivity index (χ2n) is 7.61. The second-order valence-corrected chi connectivity index (χ2v) is 7.61. The summed E-state index contributed by atoms with van der Waals surface area (Å²) in [6, 6.07) is 19.2. The number of carbonyl (C=O) groups is 1. The van der Waals surface area contributed by atoms with Crippen LogP contribution in [-0.2, 0) is 6.54 Å². The summed E-state index contributed by atoms with van der Waals surface area (Å²) in [6.07, 6.45) is -0.309. The van der Waals surface area contributed by atoms with Crippen molar-refractivity contribution in [1.29, 1.82) is 0 Å². The molecule has 1 N–H and O–H groups in total. The molecule has 31 heavy (non-hydrogen) atoms. The molecule has 0 aromatic heterocycles. The number of carbonyl (C=O) groups excluding carboxylic acids is 1. The number of rotatable bonds is 4. The topological polar surface area (TPSA) is 69.3 Å². The highest BCUT2D eigenvalue weighted by molar-refractivity contribution is 5.99. The maximum Gasteiger partial charge on any atom is 0.256 e. The van der Waals surface area contributed by atoms with Crippen molar-refractivity contribution in [3.05, 3.63) is 77.4 Å². The van der Waals surface area contributed by atoms with Crippen molar-refractivity contribution in [3.63, 3.8) is 0 Å². The van der Waals surface area contributed by atoms with Gasteiger partial charge in [-0.1, -0.05) is 24.3 Å². The number of amides is 1. The van der Waals surface area contributed by atoms with Gasteiger partial charge in [-0.05, 0) is 35.9 Å². The van der Waals surface area contributed by atoms with Crippen molar-refractivity contribution in [2.45, 2.75) is 12.7 Å². The van der Waals surface area contributed by atoms with Crippen molar-refractivity contribution in [3.8, 4) is 23.0 Å². The number of ether oxygens (including phenoxy) is 4. The molecule has 0 spiro atoms. The summed E-state index contributed by atoms with van der Waals surface area (Å²) in [7, 11) is 0. The van der Waals surface area contributed by atoms with Crippen LogP contribution >= 0.6 is 0 Å². The van der Waals surface area contributed by atoms with E-state index in [0.717, 1.165) is 28.3 Å². The molecule has 3 aromatic carbocycles. The SMILES string of the molecule is O=C1c2ccccc2[C@H](Nc2ccc3c(c2)OCCO3)N1Cc1ccc2c(c1)OCO2. The predicted molar refractivity (Wildman–Crippen MR) is 113 cm³/mol. The Labute approximate surface area is 179 Å². The van der Waals surface area contributed by atoms with Gasteiger partial charge in [0.15, 0.2) is 23.0 Å². The monoisotopic (exact) mass is 416 g/mol. The Morgan fingerprint density at radius 3 is 2.52 bits per heavy atom. The zero-order chi connectivity index (χ0) is 20.8. The van der Waals surface area contributed by atoms with Crippen LogP contribution in [0.1, 0.15) is 27.7 Å². The van der Waals surface area contributed by atoms with E-state index in [2.05, 4.69) is 5.32 Å². The van der Waals surface area contributed by atoms with Crippen LogP contribution in [-0.4, -0.2) is 30.8 Å². The second kappa shape index (κ2) is 7.12. The van der Waals surface area contributed by atoms with Crippen LogP contribution in [0, 0.1) is 0 Å². The normalized spacial score (nSPS) is 18.1. The van der Waals surface area contributed by atoms with E-state index < -0.39 is 0 Å². The molecule has 1 atom stereocenters.